The predicted octanol–water partition coefficient (Wildman–Crippen LogP) is 3.50. The van der Waals surface area contributed by atoms with Crippen LogP contribution >= 0.6 is 0 Å². The maximum absolute atomic E-state index is 13.8. The van der Waals surface area contributed by atoms with Crippen molar-refractivity contribution < 1.29 is 40.3 Å². The van der Waals surface area contributed by atoms with E-state index in [-0.39, 0.29) is 13.5 Å². The Morgan fingerprint density at radius 2 is 1.94 bits per heavy atom. The van der Waals surface area contributed by atoms with Gasteiger partial charge in [0.15, 0.2) is 9.84 Å². The third-order valence-corrected chi connectivity index (χ3v) is 6.71. The molecule has 0 spiro atoms. The minimum absolute atomic E-state index is 0.268. The van der Waals surface area contributed by atoms with E-state index in [0.717, 1.165) is 0 Å². The van der Waals surface area contributed by atoms with Gasteiger partial charge in [0.1, 0.15) is 12.4 Å². The molecule has 0 aliphatic heterocycles. The average molecular weight is 481 g/mol. The first kappa shape index (κ1) is 24.1. The molecular weight excluding hydrogens is 461 g/mol. The first-order valence-electron chi connectivity index (χ1n) is 9.52. The molecule has 1 aromatic heterocycles. The first-order chi connectivity index (χ1) is 14.7. The lowest BCUT2D eigenvalue weighted by molar-refractivity contribution is -0.141. The summed E-state index contributed by atoms with van der Waals surface area (Å²) in [6.45, 7) is -0.0789. The standard InChI is InChI=1S/C19H20F5N3O4S/c1-18(20,21)14-7-11(5-6-13(14)19(22,23)24)32(30,31)10-25-15-3-2-4-16-12(15)8-26-27(16)9-17(28)29/h5-8,15,25H,2-4,9-10H2,1H3,(H,28,29)/t15-/m1/s1. The predicted molar refractivity (Wildman–Crippen MR) is 102 cm³/mol. The van der Waals surface area contributed by atoms with Gasteiger partial charge in [0.05, 0.1) is 16.7 Å². The van der Waals surface area contributed by atoms with Gasteiger partial charge in [-0.3, -0.25) is 14.8 Å². The number of sulfone groups is 1. The highest BCUT2D eigenvalue weighted by molar-refractivity contribution is 7.91. The number of hydrogen-bond donors (Lipinski definition) is 2. The van der Waals surface area contributed by atoms with Crippen molar-refractivity contribution in [3.05, 3.63) is 46.8 Å². The van der Waals surface area contributed by atoms with Gasteiger partial charge in [0, 0.05) is 29.8 Å². The summed E-state index contributed by atoms with van der Waals surface area (Å²) in [6.07, 6.45) is -1.92. The molecule has 3 rings (SSSR count). The van der Waals surface area contributed by atoms with Crippen molar-refractivity contribution in [1.29, 1.82) is 0 Å². The smallest absolute Gasteiger partial charge is 0.416 e. The molecule has 0 radical (unpaired) electrons. The van der Waals surface area contributed by atoms with Crippen molar-refractivity contribution >= 4 is 15.8 Å². The topological polar surface area (TPSA) is 101 Å². The molecule has 1 heterocycles. The minimum atomic E-state index is -5.07. The fourth-order valence-corrected chi connectivity index (χ4v) is 4.88. The summed E-state index contributed by atoms with van der Waals surface area (Å²) >= 11 is 0. The summed E-state index contributed by atoms with van der Waals surface area (Å²) in [6, 6.07) is 0.870. The van der Waals surface area contributed by atoms with Crippen LogP contribution in [0.3, 0.4) is 0 Å². The number of rotatable bonds is 7. The molecule has 7 nitrogen and oxygen atoms in total. The number of benzene rings is 1. The molecule has 2 N–H and O–H groups in total. The van der Waals surface area contributed by atoms with E-state index in [2.05, 4.69) is 10.4 Å². The Balaban J connectivity index is 1.84. The van der Waals surface area contributed by atoms with E-state index in [9.17, 15) is 35.2 Å². The molecule has 0 fully saturated rings. The second-order valence-electron chi connectivity index (χ2n) is 7.60. The summed E-state index contributed by atoms with van der Waals surface area (Å²) in [5, 5.41) is 15.8. The lowest BCUT2D eigenvalue weighted by Gasteiger charge is -2.24. The van der Waals surface area contributed by atoms with Crippen LogP contribution in [0.4, 0.5) is 22.0 Å². The Kier molecular flexibility index (Phi) is 6.35. The molecule has 13 heteroatoms. The molecule has 176 valence electrons. The molecule has 0 amide bonds. The van der Waals surface area contributed by atoms with E-state index in [1.807, 2.05) is 0 Å². The van der Waals surface area contributed by atoms with Crippen LogP contribution in [0.25, 0.3) is 0 Å². The summed E-state index contributed by atoms with van der Waals surface area (Å²) in [4.78, 5) is 10.3. The van der Waals surface area contributed by atoms with Gasteiger partial charge in [-0.2, -0.15) is 18.3 Å². The van der Waals surface area contributed by atoms with Crippen LogP contribution in [-0.2, 0) is 39.7 Å². The van der Waals surface area contributed by atoms with Crippen molar-refractivity contribution in [3.63, 3.8) is 0 Å². The summed E-state index contributed by atoms with van der Waals surface area (Å²) in [7, 11) is -4.25. The fraction of sp³-hybridized carbons (Fsp3) is 0.474. The lowest BCUT2D eigenvalue weighted by atomic mass is 9.93. The zero-order valence-electron chi connectivity index (χ0n) is 16.8. The molecule has 0 unspecified atom stereocenters. The monoisotopic (exact) mass is 481 g/mol. The molecule has 1 aromatic carbocycles. The van der Waals surface area contributed by atoms with Gasteiger partial charge in [-0.05, 0) is 37.5 Å². The molecule has 2 aromatic rings. The van der Waals surface area contributed by atoms with Crippen molar-refractivity contribution in [2.24, 2.45) is 0 Å². The normalized spacial score (nSPS) is 17.2. The second kappa shape index (κ2) is 8.43. The number of aliphatic carboxylic acids is 1. The Morgan fingerprint density at radius 3 is 2.53 bits per heavy atom. The maximum atomic E-state index is 13.8. The van der Waals surface area contributed by atoms with Crippen LogP contribution in [0.5, 0.6) is 0 Å². The van der Waals surface area contributed by atoms with Gasteiger partial charge in [-0.25, -0.2) is 17.2 Å². The number of carbonyl (C=O) groups is 1. The molecule has 0 saturated heterocycles. The number of nitrogens with zero attached hydrogens (tertiary/aromatic N) is 2. The van der Waals surface area contributed by atoms with Crippen LogP contribution in [0, 0.1) is 0 Å². The minimum Gasteiger partial charge on any atom is -0.480 e. The number of aromatic nitrogens is 2. The van der Waals surface area contributed by atoms with Gasteiger partial charge >= 0.3 is 12.1 Å². The number of halogens is 5. The highest BCUT2D eigenvalue weighted by Gasteiger charge is 2.41. The average Bonchev–Trinajstić information content (AvgIpc) is 3.07. The molecule has 32 heavy (non-hydrogen) atoms. The van der Waals surface area contributed by atoms with Crippen LogP contribution < -0.4 is 5.32 Å². The molecular formula is C19H20F5N3O4S. The third-order valence-electron chi connectivity index (χ3n) is 5.20. The number of fused-ring (bicyclic) bond motifs is 1. The number of hydrogen-bond acceptors (Lipinski definition) is 5. The van der Waals surface area contributed by atoms with E-state index in [4.69, 9.17) is 5.11 Å². The van der Waals surface area contributed by atoms with E-state index in [1.165, 1.54) is 10.9 Å². The molecule has 1 aliphatic rings. The Labute approximate surface area is 180 Å². The number of nitrogens with one attached hydrogen (secondary N) is 1. The van der Waals surface area contributed by atoms with E-state index < -0.39 is 55.8 Å². The quantitative estimate of drug-likeness (QED) is 0.587. The summed E-state index contributed by atoms with van der Waals surface area (Å²) < 4.78 is 93.5. The second-order valence-corrected chi connectivity index (χ2v) is 9.59. The zero-order valence-corrected chi connectivity index (χ0v) is 17.6. The van der Waals surface area contributed by atoms with Crippen LogP contribution in [0.1, 0.15) is 48.2 Å². The Morgan fingerprint density at radius 1 is 1.25 bits per heavy atom. The molecule has 1 aliphatic carbocycles. The highest BCUT2D eigenvalue weighted by Crippen LogP contribution is 2.40. The Hall–Kier alpha value is -2.54. The lowest BCUT2D eigenvalue weighted by Crippen LogP contribution is -2.30. The fourth-order valence-electron chi connectivity index (χ4n) is 3.72. The van der Waals surface area contributed by atoms with Crippen LogP contribution in [0.15, 0.2) is 29.3 Å². The summed E-state index contributed by atoms with van der Waals surface area (Å²) in [5.41, 5.74) is -1.74. The van der Waals surface area contributed by atoms with Crippen molar-refractivity contribution in [2.45, 2.75) is 55.8 Å². The zero-order chi connectivity index (χ0) is 23.9. The van der Waals surface area contributed by atoms with Gasteiger partial charge in [0.2, 0.25) is 0 Å². The van der Waals surface area contributed by atoms with Crippen LogP contribution in [-0.4, -0.2) is 35.2 Å². The maximum Gasteiger partial charge on any atom is 0.416 e. The van der Waals surface area contributed by atoms with Crippen molar-refractivity contribution in [1.82, 2.24) is 15.1 Å². The number of carboxylic acids is 1. The van der Waals surface area contributed by atoms with Crippen molar-refractivity contribution in [3.8, 4) is 0 Å². The molecule has 1 atom stereocenters. The van der Waals surface area contributed by atoms with E-state index in [1.54, 1.807) is 0 Å². The van der Waals surface area contributed by atoms with Crippen molar-refractivity contribution in [2.75, 3.05) is 5.88 Å². The van der Waals surface area contributed by atoms with Gasteiger partial charge < -0.3 is 5.11 Å². The third kappa shape index (κ3) is 5.09. The summed E-state index contributed by atoms with van der Waals surface area (Å²) in [5.74, 6) is -5.69. The van der Waals surface area contributed by atoms with E-state index >= 15 is 0 Å². The van der Waals surface area contributed by atoms with E-state index in [0.29, 0.717) is 48.7 Å². The SMILES string of the molecule is CC(F)(F)c1cc(S(=O)(=O)CN[C@@H]2CCCc3c2cnn3CC(=O)O)ccc1C(F)(F)F. The number of alkyl halides is 5. The largest absolute Gasteiger partial charge is 0.480 e. The highest BCUT2D eigenvalue weighted by atomic mass is 32.2. The van der Waals surface area contributed by atoms with Gasteiger partial charge in [-0.15, -0.1) is 0 Å². The van der Waals surface area contributed by atoms with Gasteiger partial charge in [-0.1, -0.05) is 0 Å². The molecule has 0 bridgehead atoms. The number of carboxylic acid groups (broad SMARTS) is 1. The molecule has 0 saturated carbocycles. The first-order valence-corrected chi connectivity index (χ1v) is 11.2. The van der Waals surface area contributed by atoms with Gasteiger partial charge in [0.25, 0.3) is 5.92 Å². The Bertz CT molecular complexity index is 1120. The van der Waals surface area contributed by atoms with Crippen LogP contribution in [0.2, 0.25) is 0 Å².